The zero-order chi connectivity index (χ0) is 19.6. The highest BCUT2D eigenvalue weighted by molar-refractivity contribution is 6.41. The second kappa shape index (κ2) is 8.63. The van der Waals surface area contributed by atoms with Crippen molar-refractivity contribution in [1.82, 2.24) is 9.80 Å². The van der Waals surface area contributed by atoms with E-state index in [1.807, 2.05) is 4.90 Å². The zero-order valence-electron chi connectivity index (χ0n) is 15.6. The molecule has 1 aromatic rings. The third-order valence-electron chi connectivity index (χ3n) is 5.17. The SMILES string of the molecule is COCCCN1C(=O)C(c2ccc(Cl)cc2Cl)=C(N2CCC(C)CC2)C1=O. The summed E-state index contributed by atoms with van der Waals surface area (Å²) >= 11 is 12.4. The smallest absolute Gasteiger partial charge is 0.277 e. The molecular weight excluding hydrogens is 387 g/mol. The summed E-state index contributed by atoms with van der Waals surface area (Å²) in [6.07, 6.45) is 2.59. The van der Waals surface area contributed by atoms with Crippen molar-refractivity contribution in [3.63, 3.8) is 0 Å². The molecule has 2 aliphatic heterocycles. The monoisotopic (exact) mass is 410 g/mol. The lowest BCUT2D eigenvalue weighted by molar-refractivity contribution is -0.137. The Balaban J connectivity index is 2.00. The van der Waals surface area contributed by atoms with Crippen LogP contribution in [-0.4, -0.2) is 55.0 Å². The number of methoxy groups -OCH3 is 1. The number of carbonyl (C=O) groups excluding carboxylic acids is 2. The van der Waals surface area contributed by atoms with Crippen LogP contribution in [0.4, 0.5) is 0 Å². The van der Waals surface area contributed by atoms with E-state index in [1.54, 1.807) is 25.3 Å². The van der Waals surface area contributed by atoms with Gasteiger partial charge in [0.2, 0.25) is 0 Å². The molecule has 146 valence electrons. The van der Waals surface area contributed by atoms with E-state index in [-0.39, 0.29) is 11.8 Å². The maximum absolute atomic E-state index is 13.2. The van der Waals surface area contributed by atoms with Crippen LogP contribution >= 0.6 is 23.2 Å². The molecule has 0 aliphatic carbocycles. The fourth-order valence-electron chi connectivity index (χ4n) is 3.59. The van der Waals surface area contributed by atoms with Crippen molar-refractivity contribution in [1.29, 1.82) is 0 Å². The highest BCUT2D eigenvalue weighted by Gasteiger charge is 2.42. The first kappa shape index (κ1) is 20.2. The van der Waals surface area contributed by atoms with E-state index < -0.39 is 0 Å². The lowest BCUT2D eigenvalue weighted by Crippen LogP contribution is -2.39. The third-order valence-corrected chi connectivity index (χ3v) is 5.72. The van der Waals surface area contributed by atoms with Crippen molar-refractivity contribution in [2.45, 2.75) is 26.2 Å². The molecule has 5 nitrogen and oxygen atoms in total. The highest BCUT2D eigenvalue weighted by atomic mass is 35.5. The summed E-state index contributed by atoms with van der Waals surface area (Å²) in [5.41, 5.74) is 1.41. The first-order valence-electron chi connectivity index (χ1n) is 9.23. The van der Waals surface area contributed by atoms with Crippen molar-refractivity contribution in [2.75, 3.05) is 33.4 Å². The van der Waals surface area contributed by atoms with Gasteiger partial charge in [0.1, 0.15) is 5.70 Å². The Bertz CT molecular complexity index is 770. The summed E-state index contributed by atoms with van der Waals surface area (Å²) in [6, 6.07) is 5.01. The summed E-state index contributed by atoms with van der Waals surface area (Å²) < 4.78 is 5.06. The first-order valence-corrected chi connectivity index (χ1v) is 9.99. The molecule has 0 aromatic heterocycles. The first-order chi connectivity index (χ1) is 12.9. The minimum Gasteiger partial charge on any atom is -0.385 e. The molecule has 7 heteroatoms. The molecule has 0 saturated carbocycles. The standard InChI is InChI=1S/C20H24Cl2N2O3/c1-13-6-9-23(10-7-13)18-17(15-5-4-14(21)12-16(15)22)19(25)24(20(18)26)8-3-11-27-2/h4-5,12-13H,3,6-11H2,1-2H3. The summed E-state index contributed by atoms with van der Waals surface area (Å²) in [5.74, 6) is 0.0788. The van der Waals surface area contributed by atoms with Gasteiger partial charge in [-0.25, -0.2) is 0 Å². The van der Waals surface area contributed by atoms with Gasteiger partial charge in [-0.05, 0) is 37.3 Å². The van der Waals surface area contributed by atoms with E-state index in [2.05, 4.69) is 6.92 Å². The van der Waals surface area contributed by atoms with Crippen molar-refractivity contribution in [3.8, 4) is 0 Å². The molecule has 0 bridgehead atoms. The van der Waals surface area contributed by atoms with E-state index in [1.165, 1.54) is 4.90 Å². The number of halogens is 2. The van der Waals surface area contributed by atoms with Gasteiger partial charge in [-0.15, -0.1) is 0 Å². The van der Waals surface area contributed by atoms with Crippen LogP contribution in [-0.2, 0) is 14.3 Å². The summed E-state index contributed by atoms with van der Waals surface area (Å²) in [7, 11) is 1.60. The van der Waals surface area contributed by atoms with Gasteiger partial charge in [-0.2, -0.15) is 0 Å². The van der Waals surface area contributed by atoms with Crippen molar-refractivity contribution in [2.24, 2.45) is 5.92 Å². The van der Waals surface area contributed by atoms with Gasteiger partial charge in [0.05, 0.1) is 10.6 Å². The number of hydrogen-bond donors (Lipinski definition) is 0. The molecule has 2 aliphatic rings. The number of likely N-dealkylation sites (tertiary alicyclic amines) is 1. The highest BCUT2D eigenvalue weighted by Crippen LogP contribution is 2.37. The van der Waals surface area contributed by atoms with Crippen LogP contribution in [0.15, 0.2) is 23.9 Å². The number of amides is 2. The van der Waals surface area contributed by atoms with Crippen molar-refractivity contribution >= 4 is 40.6 Å². The van der Waals surface area contributed by atoms with Crippen LogP contribution in [0.1, 0.15) is 31.7 Å². The molecule has 0 unspecified atom stereocenters. The lowest BCUT2D eigenvalue weighted by Gasteiger charge is -2.32. The molecule has 1 fully saturated rings. The largest absolute Gasteiger partial charge is 0.385 e. The van der Waals surface area contributed by atoms with E-state index >= 15 is 0 Å². The number of imide groups is 1. The zero-order valence-corrected chi connectivity index (χ0v) is 17.1. The normalized spacial score (nSPS) is 18.8. The molecule has 0 radical (unpaired) electrons. The topological polar surface area (TPSA) is 49.9 Å². The Morgan fingerprint density at radius 3 is 2.48 bits per heavy atom. The maximum Gasteiger partial charge on any atom is 0.277 e. The van der Waals surface area contributed by atoms with Crippen LogP contribution in [0.3, 0.4) is 0 Å². The van der Waals surface area contributed by atoms with Crippen molar-refractivity contribution < 1.29 is 14.3 Å². The Kier molecular flexibility index (Phi) is 6.45. The van der Waals surface area contributed by atoms with Crippen LogP contribution in [0, 0.1) is 5.92 Å². The predicted molar refractivity (Wildman–Crippen MR) is 107 cm³/mol. The van der Waals surface area contributed by atoms with Gasteiger partial charge in [-0.1, -0.05) is 36.2 Å². The maximum atomic E-state index is 13.2. The Hall–Kier alpha value is -1.56. The fourth-order valence-corrected chi connectivity index (χ4v) is 4.10. The van der Waals surface area contributed by atoms with Gasteiger partial charge in [0.25, 0.3) is 11.8 Å². The van der Waals surface area contributed by atoms with Crippen LogP contribution < -0.4 is 0 Å². The van der Waals surface area contributed by atoms with Gasteiger partial charge in [0, 0.05) is 43.9 Å². The van der Waals surface area contributed by atoms with Gasteiger partial charge < -0.3 is 9.64 Å². The minimum atomic E-state index is -0.297. The van der Waals surface area contributed by atoms with Crippen LogP contribution in [0.2, 0.25) is 10.0 Å². The Morgan fingerprint density at radius 1 is 1.15 bits per heavy atom. The summed E-state index contributed by atoms with van der Waals surface area (Å²) in [4.78, 5) is 29.7. The predicted octanol–water partition coefficient (Wildman–Crippen LogP) is 3.84. The van der Waals surface area contributed by atoms with E-state index in [0.717, 1.165) is 25.9 Å². The number of hydrogen-bond acceptors (Lipinski definition) is 4. The number of ether oxygens (including phenoxy) is 1. The second-order valence-electron chi connectivity index (χ2n) is 7.13. The molecule has 1 saturated heterocycles. The molecule has 0 spiro atoms. The van der Waals surface area contributed by atoms with E-state index in [4.69, 9.17) is 27.9 Å². The number of nitrogens with zero attached hydrogens (tertiary/aromatic N) is 2. The summed E-state index contributed by atoms with van der Waals surface area (Å²) in [6.45, 7) is 4.55. The Morgan fingerprint density at radius 2 is 1.85 bits per heavy atom. The second-order valence-corrected chi connectivity index (χ2v) is 7.97. The number of rotatable bonds is 6. The molecule has 3 rings (SSSR count). The molecule has 2 amide bonds. The number of piperidine rings is 1. The average molecular weight is 411 g/mol. The molecule has 1 aromatic carbocycles. The molecule has 0 N–H and O–H groups in total. The lowest BCUT2D eigenvalue weighted by atomic mass is 9.97. The number of carbonyl (C=O) groups is 2. The molecule has 2 heterocycles. The average Bonchev–Trinajstić information content (AvgIpc) is 2.87. The van der Waals surface area contributed by atoms with Crippen LogP contribution in [0.25, 0.3) is 5.57 Å². The van der Waals surface area contributed by atoms with E-state index in [9.17, 15) is 9.59 Å². The van der Waals surface area contributed by atoms with Crippen LogP contribution in [0.5, 0.6) is 0 Å². The van der Waals surface area contributed by atoms with E-state index in [0.29, 0.717) is 52.4 Å². The van der Waals surface area contributed by atoms with Gasteiger partial charge in [0.15, 0.2) is 0 Å². The van der Waals surface area contributed by atoms with Crippen molar-refractivity contribution in [3.05, 3.63) is 39.5 Å². The molecular formula is C20H24Cl2N2O3. The number of benzene rings is 1. The third kappa shape index (κ3) is 4.15. The summed E-state index contributed by atoms with van der Waals surface area (Å²) in [5, 5.41) is 0.867. The molecule has 0 atom stereocenters. The quantitative estimate of drug-likeness (QED) is 0.527. The van der Waals surface area contributed by atoms with Gasteiger partial charge in [-0.3, -0.25) is 14.5 Å². The Labute approximate surface area is 169 Å². The molecule has 27 heavy (non-hydrogen) atoms. The minimum absolute atomic E-state index is 0.244. The van der Waals surface area contributed by atoms with Gasteiger partial charge >= 0.3 is 0 Å². The fraction of sp³-hybridized carbons (Fsp3) is 0.500.